The molecule has 3 amide bonds. The normalized spacial score (nSPS) is 11.3. The molecule has 0 unspecified atom stereocenters. The summed E-state index contributed by atoms with van der Waals surface area (Å²) in [5, 5.41) is 4.80. The molecule has 0 spiro atoms. The maximum Gasteiger partial charge on any atom is 0.347 e. The molecule has 0 saturated carbocycles. The van der Waals surface area contributed by atoms with Gasteiger partial charge >= 0.3 is 12.0 Å². The van der Waals surface area contributed by atoms with Crippen molar-refractivity contribution in [3.8, 4) is 5.75 Å². The van der Waals surface area contributed by atoms with Crippen LogP contribution in [0.4, 0.5) is 4.79 Å². The first kappa shape index (κ1) is 18.1. The molecule has 22 heavy (non-hydrogen) atoms. The summed E-state index contributed by atoms with van der Waals surface area (Å²) in [5.41, 5.74) is 0. The Kier molecular flexibility index (Phi) is 6.94. The Balaban J connectivity index is 2.48. The molecule has 0 radical (unpaired) electrons. The molecule has 2 N–H and O–H groups in total. The van der Waals surface area contributed by atoms with Crippen molar-refractivity contribution in [3.63, 3.8) is 0 Å². The smallest absolute Gasteiger partial charge is 0.347 e. The lowest BCUT2D eigenvalue weighted by Gasteiger charge is -2.14. The van der Waals surface area contributed by atoms with Gasteiger partial charge in [-0.05, 0) is 25.1 Å². The van der Waals surface area contributed by atoms with Crippen LogP contribution in [0, 0.1) is 0 Å². The van der Waals surface area contributed by atoms with Crippen molar-refractivity contribution < 1.29 is 23.9 Å². The van der Waals surface area contributed by atoms with Crippen LogP contribution in [0.15, 0.2) is 18.2 Å². The van der Waals surface area contributed by atoms with Gasteiger partial charge in [-0.2, -0.15) is 0 Å². The molecule has 0 aliphatic rings. The summed E-state index contributed by atoms with van der Waals surface area (Å²) in [6, 6.07) is 3.83. The molecular formula is C13H14Cl2N2O5. The van der Waals surface area contributed by atoms with Crippen LogP contribution in [0.5, 0.6) is 5.75 Å². The summed E-state index contributed by atoms with van der Waals surface area (Å²) in [4.78, 5) is 33.8. The number of benzene rings is 1. The van der Waals surface area contributed by atoms with E-state index in [1.54, 1.807) is 6.07 Å². The molecule has 1 aromatic rings. The number of nitrogens with one attached hydrogen (secondary N) is 2. The molecule has 0 bridgehead atoms. The SMILES string of the molecule is CNC(=O)NC(=O)COC(=O)[C@@H](C)Oc1ccc(Cl)cc1Cl. The van der Waals surface area contributed by atoms with Crippen LogP contribution in [0.3, 0.4) is 0 Å². The number of imide groups is 1. The maximum absolute atomic E-state index is 11.7. The van der Waals surface area contributed by atoms with Crippen molar-refractivity contribution in [1.29, 1.82) is 0 Å². The number of carbonyl (C=O) groups is 3. The van der Waals surface area contributed by atoms with Gasteiger partial charge < -0.3 is 14.8 Å². The molecule has 0 aliphatic heterocycles. The van der Waals surface area contributed by atoms with E-state index >= 15 is 0 Å². The molecule has 0 fully saturated rings. The molecule has 0 saturated heterocycles. The highest BCUT2D eigenvalue weighted by Gasteiger charge is 2.19. The topological polar surface area (TPSA) is 93.7 Å². The predicted molar refractivity (Wildman–Crippen MR) is 80.1 cm³/mol. The van der Waals surface area contributed by atoms with Gasteiger partial charge in [-0.1, -0.05) is 23.2 Å². The van der Waals surface area contributed by atoms with Crippen molar-refractivity contribution in [3.05, 3.63) is 28.2 Å². The zero-order chi connectivity index (χ0) is 16.7. The van der Waals surface area contributed by atoms with E-state index in [4.69, 9.17) is 32.7 Å². The van der Waals surface area contributed by atoms with E-state index in [9.17, 15) is 14.4 Å². The van der Waals surface area contributed by atoms with E-state index in [0.29, 0.717) is 5.02 Å². The summed E-state index contributed by atoms with van der Waals surface area (Å²) in [6.07, 6.45) is -0.994. The quantitative estimate of drug-likeness (QED) is 0.790. The lowest BCUT2D eigenvalue weighted by Crippen LogP contribution is -2.40. The number of amides is 3. The van der Waals surface area contributed by atoms with Gasteiger partial charge in [-0.3, -0.25) is 10.1 Å². The first-order chi connectivity index (χ1) is 10.3. The Morgan fingerprint density at radius 2 is 1.95 bits per heavy atom. The van der Waals surface area contributed by atoms with Crippen molar-refractivity contribution in [2.24, 2.45) is 0 Å². The zero-order valence-electron chi connectivity index (χ0n) is 11.8. The van der Waals surface area contributed by atoms with E-state index in [-0.39, 0.29) is 10.8 Å². The minimum absolute atomic E-state index is 0.240. The van der Waals surface area contributed by atoms with E-state index < -0.39 is 30.6 Å². The van der Waals surface area contributed by atoms with Crippen LogP contribution < -0.4 is 15.4 Å². The molecule has 1 atom stereocenters. The molecule has 9 heteroatoms. The number of hydrogen-bond donors (Lipinski definition) is 2. The van der Waals surface area contributed by atoms with Crippen LogP contribution in [-0.4, -0.2) is 37.7 Å². The third-order valence-electron chi connectivity index (χ3n) is 2.36. The first-order valence-corrected chi connectivity index (χ1v) is 6.89. The Hall–Kier alpha value is -1.99. The van der Waals surface area contributed by atoms with Gasteiger partial charge in [0.25, 0.3) is 5.91 Å². The van der Waals surface area contributed by atoms with E-state index in [1.165, 1.54) is 26.1 Å². The van der Waals surface area contributed by atoms with E-state index in [2.05, 4.69) is 5.32 Å². The van der Waals surface area contributed by atoms with Gasteiger partial charge in [0.2, 0.25) is 0 Å². The van der Waals surface area contributed by atoms with Gasteiger partial charge in [0.1, 0.15) is 5.75 Å². The van der Waals surface area contributed by atoms with Crippen LogP contribution in [0.2, 0.25) is 10.0 Å². The Morgan fingerprint density at radius 1 is 1.27 bits per heavy atom. The van der Waals surface area contributed by atoms with Crippen molar-refractivity contribution in [2.75, 3.05) is 13.7 Å². The Bertz CT molecular complexity index is 580. The molecular weight excluding hydrogens is 335 g/mol. The minimum atomic E-state index is -0.994. The zero-order valence-corrected chi connectivity index (χ0v) is 13.3. The fraction of sp³-hybridized carbons (Fsp3) is 0.308. The van der Waals surface area contributed by atoms with E-state index in [0.717, 1.165) is 0 Å². The lowest BCUT2D eigenvalue weighted by molar-refractivity contribution is -0.154. The molecule has 0 aliphatic carbocycles. The third-order valence-corrected chi connectivity index (χ3v) is 2.89. The average Bonchev–Trinajstić information content (AvgIpc) is 2.47. The lowest BCUT2D eigenvalue weighted by atomic mass is 10.3. The van der Waals surface area contributed by atoms with Gasteiger partial charge in [-0.25, -0.2) is 9.59 Å². The number of hydrogen-bond acceptors (Lipinski definition) is 5. The number of urea groups is 1. The molecule has 120 valence electrons. The molecule has 0 aromatic heterocycles. The minimum Gasteiger partial charge on any atom is -0.477 e. The molecule has 1 rings (SSSR count). The van der Waals surface area contributed by atoms with Crippen LogP contribution >= 0.6 is 23.2 Å². The summed E-state index contributed by atoms with van der Waals surface area (Å²) in [5.74, 6) is -1.28. The van der Waals surface area contributed by atoms with Crippen LogP contribution in [0.1, 0.15) is 6.92 Å². The average molecular weight is 349 g/mol. The molecule has 7 nitrogen and oxygen atoms in total. The summed E-state index contributed by atoms with van der Waals surface area (Å²) in [6.45, 7) is 0.832. The van der Waals surface area contributed by atoms with Crippen LogP contribution in [0.25, 0.3) is 0 Å². The summed E-state index contributed by atoms with van der Waals surface area (Å²) < 4.78 is 10.0. The third kappa shape index (κ3) is 5.79. The van der Waals surface area contributed by atoms with Gasteiger partial charge in [0.05, 0.1) is 5.02 Å². The number of carbonyl (C=O) groups excluding carboxylic acids is 3. The second kappa shape index (κ2) is 8.45. The monoisotopic (exact) mass is 348 g/mol. The summed E-state index contributed by atoms with van der Waals surface area (Å²) in [7, 11) is 1.35. The fourth-order valence-electron chi connectivity index (χ4n) is 1.29. The van der Waals surface area contributed by atoms with Crippen molar-refractivity contribution >= 4 is 41.1 Å². The number of esters is 1. The second-order valence-corrected chi connectivity index (χ2v) is 4.91. The van der Waals surface area contributed by atoms with Crippen LogP contribution in [-0.2, 0) is 14.3 Å². The van der Waals surface area contributed by atoms with Gasteiger partial charge in [0.15, 0.2) is 12.7 Å². The summed E-state index contributed by atoms with van der Waals surface area (Å²) >= 11 is 11.7. The van der Waals surface area contributed by atoms with Crippen molar-refractivity contribution in [1.82, 2.24) is 10.6 Å². The second-order valence-electron chi connectivity index (χ2n) is 4.07. The van der Waals surface area contributed by atoms with E-state index in [1.807, 2.05) is 5.32 Å². The largest absolute Gasteiger partial charge is 0.477 e. The number of rotatable bonds is 5. The highest BCUT2D eigenvalue weighted by atomic mass is 35.5. The van der Waals surface area contributed by atoms with Gasteiger partial charge in [0, 0.05) is 12.1 Å². The Morgan fingerprint density at radius 3 is 2.55 bits per heavy atom. The Labute approximate surface area is 136 Å². The predicted octanol–water partition coefficient (Wildman–Crippen LogP) is 1.76. The number of halogens is 2. The standard InChI is InChI=1S/C13H14Cl2N2O5/c1-7(22-10-4-3-8(14)5-9(10)15)12(19)21-6-11(18)17-13(20)16-2/h3-5,7H,6H2,1-2H3,(H2,16,17,18,20)/t7-/m1/s1. The number of ether oxygens (including phenoxy) is 2. The first-order valence-electron chi connectivity index (χ1n) is 6.13. The highest BCUT2D eigenvalue weighted by molar-refractivity contribution is 6.35. The molecule has 0 heterocycles. The maximum atomic E-state index is 11.7. The van der Waals surface area contributed by atoms with Crippen molar-refractivity contribution in [2.45, 2.75) is 13.0 Å². The highest BCUT2D eigenvalue weighted by Crippen LogP contribution is 2.28. The van der Waals surface area contributed by atoms with Gasteiger partial charge in [-0.15, -0.1) is 0 Å². The molecule has 1 aromatic carbocycles. The fourth-order valence-corrected chi connectivity index (χ4v) is 1.74.